The highest BCUT2D eigenvalue weighted by Gasteiger charge is 2.35. The zero-order valence-corrected chi connectivity index (χ0v) is 14.5. The van der Waals surface area contributed by atoms with Crippen LogP contribution in [0.15, 0.2) is 0 Å². The van der Waals surface area contributed by atoms with Crippen molar-refractivity contribution in [1.82, 2.24) is 4.90 Å². The van der Waals surface area contributed by atoms with Crippen molar-refractivity contribution in [3.8, 4) is 0 Å². The summed E-state index contributed by atoms with van der Waals surface area (Å²) in [6.45, 7) is 13.3. The average molecular weight is 297 g/mol. The predicted molar refractivity (Wildman–Crippen MR) is 84.2 cm³/mol. The van der Waals surface area contributed by atoms with Crippen molar-refractivity contribution < 1.29 is 14.3 Å². The maximum Gasteiger partial charge on any atom is 0.410 e. The van der Waals surface area contributed by atoms with Gasteiger partial charge in [0.05, 0.1) is 0 Å². The predicted octanol–water partition coefficient (Wildman–Crippen LogP) is 4.03. The van der Waals surface area contributed by atoms with Crippen molar-refractivity contribution >= 4 is 11.9 Å². The second-order valence-corrected chi connectivity index (χ2v) is 7.70. The molecule has 1 amide bonds. The number of likely N-dealkylation sites (tertiary alicyclic amines) is 1. The Bertz CT molecular complexity index is 376. The van der Waals surface area contributed by atoms with E-state index in [1.165, 1.54) is 0 Å². The number of piperidine rings is 1. The molecule has 1 heterocycles. The third kappa shape index (κ3) is 5.68. The molecule has 4 heteroatoms. The standard InChI is InChI=1S/C17H31NO3/c1-7-14(19)13(2)12-17(6)8-10-18(11-9-17)15(20)21-16(3,4)5/h13H,7-12H2,1-6H3. The van der Waals surface area contributed by atoms with Gasteiger partial charge in [0.25, 0.3) is 0 Å². The molecule has 1 saturated heterocycles. The second kappa shape index (κ2) is 6.80. The molecule has 0 radical (unpaired) electrons. The van der Waals surface area contributed by atoms with Gasteiger partial charge in [0.2, 0.25) is 0 Å². The van der Waals surface area contributed by atoms with Gasteiger partial charge in [-0.1, -0.05) is 20.8 Å². The van der Waals surface area contributed by atoms with Crippen LogP contribution in [0.2, 0.25) is 0 Å². The van der Waals surface area contributed by atoms with Crippen LogP contribution in [0, 0.1) is 11.3 Å². The molecule has 0 bridgehead atoms. The van der Waals surface area contributed by atoms with Crippen LogP contribution in [0.25, 0.3) is 0 Å². The minimum atomic E-state index is -0.445. The van der Waals surface area contributed by atoms with Gasteiger partial charge in [0.15, 0.2) is 0 Å². The van der Waals surface area contributed by atoms with Crippen LogP contribution in [0.4, 0.5) is 4.79 Å². The Balaban J connectivity index is 2.50. The maximum atomic E-state index is 12.1. The van der Waals surface area contributed by atoms with Crippen LogP contribution >= 0.6 is 0 Å². The number of nitrogens with zero attached hydrogens (tertiary/aromatic N) is 1. The SMILES string of the molecule is CCC(=O)C(C)CC1(C)CCN(C(=O)OC(C)(C)C)CC1. The molecular weight excluding hydrogens is 266 g/mol. The van der Waals surface area contributed by atoms with Gasteiger partial charge >= 0.3 is 6.09 Å². The molecule has 0 aromatic heterocycles. The molecule has 0 spiro atoms. The number of rotatable bonds is 4. The van der Waals surface area contributed by atoms with E-state index in [0.717, 1.165) is 32.4 Å². The van der Waals surface area contributed by atoms with Crippen molar-refractivity contribution in [1.29, 1.82) is 0 Å². The van der Waals surface area contributed by atoms with Crippen molar-refractivity contribution in [3.63, 3.8) is 0 Å². The quantitative estimate of drug-likeness (QED) is 0.787. The summed E-state index contributed by atoms with van der Waals surface area (Å²) in [6, 6.07) is 0. The van der Waals surface area contributed by atoms with Crippen molar-refractivity contribution in [3.05, 3.63) is 0 Å². The Kier molecular flexibility index (Phi) is 5.83. The van der Waals surface area contributed by atoms with Gasteiger partial charge in [-0.05, 0) is 45.4 Å². The first-order chi connectivity index (χ1) is 9.56. The van der Waals surface area contributed by atoms with Gasteiger partial charge in [-0.2, -0.15) is 0 Å². The lowest BCUT2D eigenvalue weighted by molar-refractivity contribution is -0.123. The first-order valence-corrected chi connectivity index (χ1v) is 8.07. The number of amides is 1. The zero-order valence-electron chi connectivity index (χ0n) is 14.5. The van der Waals surface area contributed by atoms with E-state index in [1.807, 2.05) is 34.6 Å². The third-order valence-electron chi connectivity index (χ3n) is 4.32. The highest BCUT2D eigenvalue weighted by Crippen LogP contribution is 2.37. The molecule has 21 heavy (non-hydrogen) atoms. The highest BCUT2D eigenvalue weighted by atomic mass is 16.6. The molecule has 1 unspecified atom stereocenters. The van der Waals surface area contributed by atoms with Crippen molar-refractivity contribution in [2.24, 2.45) is 11.3 Å². The summed E-state index contributed by atoms with van der Waals surface area (Å²) in [7, 11) is 0. The van der Waals surface area contributed by atoms with Crippen molar-refractivity contribution in [2.75, 3.05) is 13.1 Å². The van der Waals surface area contributed by atoms with Crippen LogP contribution in [-0.4, -0.2) is 35.5 Å². The van der Waals surface area contributed by atoms with Crippen LogP contribution in [-0.2, 0) is 9.53 Å². The summed E-state index contributed by atoms with van der Waals surface area (Å²) in [6.07, 6.45) is 3.19. The highest BCUT2D eigenvalue weighted by molar-refractivity contribution is 5.80. The van der Waals surface area contributed by atoms with Crippen LogP contribution < -0.4 is 0 Å². The number of ether oxygens (including phenoxy) is 1. The monoisotopic (exact) mass is 297 g/mol. The van der Waals surface area contributed by atoms with Gasteiger partial charge in [0, 0.05) is 25.4 Å². The largest absolute Gasteiger partial charge is 0.444 e. The molecule has 0 N–H and O–H groups in total. The summed E-state index contributed by atoms with van der Waals surface area (Å²) in [5.74, 6) is 0.457. The summed E-state index contributed by atoms with van der Waals surface area (Å²) < 4.78 is 5.41. The molecule has 1 atom stereocenters. The van der Waals surface area contributed by atoms with E-state index in [1.54, 1.807) is 4.90 Å². The maximum absolute atomic E-state index is 12.1. The van der Waals surface area contributed by atoms with E-state index in [0.29, 0.717) is 12.2 Å². The van der Waals surface area contributed by atoms with Crippen LogP contribution in [0.3, 0.4) is 0 Å². The van der Waals surface area contributed by atoms with Crippen LogP contribution in [0.5, 0.6) is 0 Å². The number of hydrogen-bond acceptors (Lipinski definition) is 3. The number of carbonyl (C=O) groups is 2. The molecule has 0 aromatic rings. The molecule has 1 fully saturated rings. The Morgan fingerprint density at radius 3 is 2.19 bits per heavy atom. The minimum Gasteiger partial charge on any atom is -0.444 e. The number of hydrogen-bond donors (Lipinski definition) is 0. The summed E-state index contributed by atoms with van der Waals surface area (Å²) in [5, 5.41) is 0. The van der Waals surface area contributed by atoms with Gasteiger partial charge < -0.3 is 9.64 Å². The lowest BCUT2D eigenvalue weighted by Crippen LogP contribution is -2.45. The summed E-state index contributed by atoms with van der Waals surface area (Å²) >= 11 is 0. The van der Waals surface area contributed by atoms with Gasteiger partial charge in [-0.25, -0.2) is 4.79 Å². The Labute approximate surface area is 129 Å². The Morgan fingerprint density at radius 1 is 1.24 bits per heavy atom. The fourth-order valence-corrected chi connectivity index (χ4v) is 2.96. The number of Topliss-reactive ketones (excluding diaryl/α,β-unsaturated/α-hetero) is 1. The Hall–Kier alpha value is -1.06. The fourth-order valence-electron chi connectivity index (χ4n) is 2.96. The number of carbonyl (C=O) groups excluding carboxylic acids is 2. The molecule has 1 aliphatic rings. The molecule has 1 rings (SSSR count). The first-order valence-electron chi connectivity index (χ1n) is 8.07. The lowest BCUT2D eigenvalue weighted by atomic mass is 9.73. The topological polar surface area (TPSA) is 46.6 Å². The fraction of sp³-hybridized carbons (Fsp3) is 0.882. The molecule has 4 nitrogen and oxygen atoms in total. The van der Waals surface area contributed by atoms with Gasteiger partial charge in [-0.15, -0.1) is 0 Å². The second-order valence-electron chi connectivity index (χ2n) is 7.70. The van der Waals surface area contributed by atoms with E-state index >= 15 is 0 Å². The average Bonchev–Trinajstić information content (AvgIpc) is 2.35. The smallest absolute Gasteiger partial charge is 0.410 e. The van der Waals surface area contributed by atoms with Gasteiger partial charge in [0.1, 0.15) is 11.4 Å². The molecule has 0 aromatic carbocycles. The van der Waals surface area contributed by atoms with E-state index in [4.69, 9.17) is 4.74 Å². The minimum absolute atomic E-state index is 0.119. The zero-order chi connectivity index (χ0) is 16.3. The molecule has 0 aliphatic carbocycles. The van der Waals surface area contributed by atoms with E-state index in [9.17, 15) is 9.59 Å². The Morgan fingerprint density at radius 2 is 1.76 bits per heavy atom. The first kappa shape index (κ1) is 18.0. The van der Waals surface area contributed by atoms with E-state index in [-0.39, 0.29) is 17.4 Å². The van der Waals surface area contributed by atoms with Crippen molar-refractivity contribution in [2.45, 2.75) is 72.8 Å². The van der Waals surface area contributed by atoms with E-state index in [2.05, 4.69) is 6.92 Å². The summed E-state index contributed by atoms with van der Waals surface area (Å²) in [5.41, 5.74) is -0.289. The van der Waals surface area contributed by atoms with E-state index < -0.39 is 5.60 Å². The molecule has 122 valence electrons. The van der Waals surface area contributed by atoms with Gasteiger partial charge in [-0.3, -0.25) is 4.79 Å². The number of ketones is 1. The third-order valence-corrected chi connectivity index (χ3v) is 4.32. The molecule has 0 saturated carbocycles. The van der Waals surface area contributed by atoms with Crippen LogP contribution in [0.1, 0.15) is 67.2 Å². The normalized spacial score (nSPS) is 20.0. The summed E-state index contributed by atoms with van der Waals surface area (Å²) in [4.78, 5) is 25.6. The molecule has 1 aliphatic heterocycles. The molecular formula is C17H31NO3. The lowest BCUT2D eigenvalue weighted by Gasteiger charge is -2.40.